The zero-order valence-corrected chi connectivity index (χ0v) is 15.7. The van der Waals surface area contributed by atoms with Crippen LogP contribution in [0.4, 0.5) is 0 Å². The molecule has 1 aromatic carbocycles. The first kappa shape index (κ1) is 19.6. The van der Waals surface area contributed by atoms with Gasteiger partial charge in [0.15, 0.2) is 0 Å². The molecule has 0 unspecified atom stereocenters. The summed E-state index contributed by atoms with van der Waals surface area (Å²) in [5.74, 6) is -1.12. The van der Waals surface area contributed by atoms with E-state index in [-0.39, 0.29) is 23.1 Å². The number of carbonyl (C=O) groups is 2. The summed E-state index contributed by atoms with van der Waals surface area (Å²) >= 11 is 3.16. The number of benzene rings is 1. The van der Waals surface area contributed by atoms with Crippen molar-refractivity contribution in [2.45, 2.75) is 24.8 Å². The van der Waals surface area contributed by atoms with Crippen molar-refractivity contribution in [3.05, 3.63) is 28.2 Å². The molecule has 7 nitrogen and oxygen atoms in total. The van der Waals surface area contributed by atoms with Crippen LogP contribution in [0.15, 0.2) is 27.6 Å². The first-order valence-electron chi connectivity index (χ1n) is 6.75. The average Bonchev–Trinajstić information content (AvgIpc) is 2.44. The summed E-state index contributed by atoms with van der Waals surface area (Å²) < 4.78 is 30.7. The van der Waals surface area contributed by atoms with Gasteiger partial charge in [-0.05, 0) is 48.0 Å². The van der Waals surface area contributed by atoms with E-state index in [1.165, 1.54) is 32.3 Å². The molecule has 0 fully saturated rings. The molecule has 1 N–H and O–H groups in total. The van der Waals surface area contributed by atoms with Crippen LogP contribution < -0.4 is 5.32 Å². The summed E-state index contributed by atoms with van der Waals surface area (Å²) in [7, 11) is -0.897. The molecule has 0 aliphatic carbocycles. The molecule has 0 bridgehead atoms. The molecule has 0 atom stereocenters. The fraction of sp³-hybridized carbons (Fsp3) is 0.429. The van der Waals surface area contributed by atoms with E-state index in [2.05, 4.69) is 21.2 Å². The van der Waals surface area contributed by atoms with Crippen LogP contribution in [0.25, 0.3) is 0 Å². The van der Waals surface area contributed by atoms with E-state index in [1.54, 1.807) is 13.8 Å². The normalized spacial score (nSPS) is 11.6. The summed E-state index contributed by atoms with van der Waals surface area (Å²) in [6, 6.07) is 4.18. The van der Waals surface area contributed by atoms with Gasteiger partial charge in [0.2, 0.25) is 10.0 Å². The Balaban J connectivity index is 2.94. The highest BCUT2D eigenvalue weighted by atomic mass is 79.9. The van der Waals surface area contributed by atoms with Crippen molar-refractivity contribution in [3.63, 3.8) is 0 Å². The van der Waals surface area contributed by atoms with E-state index in [4.69, 9.17) is 4.74 Å². The van der Waals surface area contributed by atoms with Crippen molar-refractivity contribution < 1.29 is 22.7 Å². The number of sulfonamides is 1. The zero-order valence-electron chi connectivity index (χ0n) is 13.3. The highest BCUT2D eigenvalue weighted by molar-refractivity contribution is 9.10. The van der Waals surface area contributed by atoms with Crippen LogP contribution in [-0.4, -0.2) is 51.3 Å². The third-order valence-electron chi connectivity index (χ3n) is 2.71. The van der Waals surface area contributed by atoms with Crippen LogP contribution in [0.1, 0.15) is 24.2 Å². The Morgan fingerprint density at radius 3 is 2.43 bits per heavy atom. The average molecular weight is 407 g/mol. The number of esters is 1. The Bertz CT molecular complexity index is 701. The highest BCUT2D eigenvalue weighted by Gasteiger charge is 2.22. The van der Waals surface area contributed by atoms with Crippen LogP contribution in [0, 0.1) is 0 Å². The zero-order chi connectivity index (χ0) is 17.8. The van der Waals surface area contributed by atoms with Gasteiger partial charge in [-0.15, -0.1) is 0 Å². The summed E-state index contributed by atoms with van der Waals surface area (Å²) in [6.45, 7) is 3.11. The van der Waals surface area contributed by atoms with Gasteiger partial charge in [-0.1, -0.05) is 0 Å². The van der Waals surface area contributed by atoms with Gasteiger partial charge in [-0.2, -0.15) is 0 Å². The molecule has 0 saturated carbocycles. The molecule has 1 amide bonds. The van der Waals surface area contributed by atoms with Crippen molar-refractivity contribution in [2.24, 2.45) is 0 Å². The Morgan fingerprint density at radius 1 is 1.30 bits per heavy atom. The molecule has 0 saturated heterocycles. The van der Waals surface area contributed by atoms with Gasteiger partial charge in [0.05, 0.1) is 11.0 Å². The van der Waals surface area contributed by atoms with E-state index in [0.29, 0.717) is 4.47 Å². The summed E-state index contributed by atoms with van der Waals surface area (Å²) in [5, 5.41) is 2.39. The van der Waals surface area contributed by atoms with Gasteiger partial charge in [0, 0.05) is 24.1 Å². The maximum absolute atomic E-state index is 12.2. The molecule has 1 aromatic rings. The number of halogens is 1. The minimum Gasteiger partial charge on any atom is -0.462 e. The van der Waals surface area contributed by atoms with Crippen LogP contribution >= 0.6 is 15.9 Å². The van der Waals surface area contributed by atoms with Crippen LogP contribution in [0.5, 0.6) is 0 Å². The number of amides is 1. The Kier molecular flexibility index (Phi) is 6.72. The predicted molar refractivity (Wildman–Crippen MR) is 88.6 cm³/mol. The van der Waals surface area contributed by atoms with Gasteiger partial charge in [-0.3, -0.25) is 9.59 Å². The molecule has 0 aliphatic rings. The Hall–Kier alpha value is -1.45. The van der Waals surface area contributed by atoms with E-state index in [1.807, 2.05) is 0 Å². The molecule has 9 heteroatoms. The molecular weight excluding hydrogens is 388 g/mol. The minimum atomic E-state index is -3.70. The first-order chi connectivity index (χ1) is 10.6. The third kappa shape index (κ3) is 5.29. The molecule has 0 spiro atoms. The van der Waals surface area contributed by atoms with Crippen LogP contribution in [-0.2, 0) is 19.6 Å². The number of carbonyl (C=O) groups excluding carboxylic acids is 2. The van der Waals surface area contributed by atoms with Crippen LogP contribution in [0.3, 0.4) is 0 Å². The number of nitrogens with zero attached hydrogens (tertiary/aromatic N) is 1. The fourth-order valence-electron chi connectivity index (χ4n) is 1.60. The second-order valence-corrected chi connectivity index (χ2v) is 8.13. The standard InChI is InChI=1S/C14H19BrN2O5S/c1-9(2)22-13(18)8-16-14(19)10-5-6-11(15)12(7-10)23(20,21)17(3)4/h5-7,9H,8H2,1-4H3,(H,16,19). The number of rotatable bonds is 6. The molecular formula is C14H19BrN2O5S. The lowest BCUT2D eigenvalue weighted by Gasteiger charge is -2.14. The monoisotopic (exact) mass is 406 g/mol. The van der Waals surface area contributed by atoms with Crippen molar-refractivity contribution in [3.8, 4) is 0 Å². The van der Waals surface area contributed by atoms with Crippen molar-refractivity contribution in [1.29, 1.82) is 0 Å². The van der Waals surface area contributed by atoms with E-state index in [9.17, 15) is 18.0 Å². The molecule has 0 radical (unpaired) electrons. The largest absolute Gasteiger partial charge is 0.462 e. The number of ether oxygens (including phenoxy) is 1. The minimum absolute atomic E-state index is 0.0279. The lowest BCUT2D eigenvalue weighted by molar-refractivity contribution is -0.146. The number of hydrogen-bond acceptors (Lipinski definition) is 5. The fourth-order valence-corrected chi connectivity index (χ4v) is 3.44. The summed E-state index contributed by atoms with van der Waals surface area (Å²) in [4.78, 5) is 23.4. The lowest BCUT2D eigenvalue weighted by Crippen LogP contribution is -2.32. The van der Waals surface area contributed by atoms with E-state index in [0.717, 1.165) is 4.31 Å². The predicted octanol–water partition coefficient (Wildman–Crippen LogP) is 1.38. The number of nitrogens with one attached hydrogen (secondary N) is 1. The summed E-state index contributed by atoms with van der Waals surface area (Å²) in [6.07, 6.45) is -0.274. The quantitative estimate of drug-likeness (QED) is 0.720. The third-order valence-corrected chi connectivity index (χ3v) is 5.52. The molecule has 0 aliphatic heterocycles. The molecule has 0 heterocycles. The van der Waals surface area contributed by atoms with Gasteiger partial charge in [-0.25, -0.2) is 12.7 Å². The van der Waals surface area contributed by atoms with E-state index < -0.39 is 21.9 Å². The van der Waals surface area contributed by atoms with Gasteiger partial charge in [0.1, 0.15) is 6.54 Å². The molecule has 23 heavy (non-hydrogen) atoms. The molecule has 0 aromatic heterocycles. The maximum Gasteiger partial charge on any atom is 0.325 e. The highest BCUT2D eigenvalue weighted by Crippen LogP contribution is 2.25. The first-order valence-corrected chi connectivity index (χ1v) is 8.98. The topological polar surface area (TPSA) is 92.8 Å². The second kappa shape index (κ2) is 7.89. The Morgan fingerprint density at radius 2 is 1.91 bits per heavy atom. The van der Waals surface area contributed by atoms with Gasteiger partial charge >= 0.3 is 5.97 Å². The van der Waals surface area contributed by atoms with Crippen molar-refractivity contribution in [2.75, 3.05) is 20.6 Å². The van der Waals surface area contributed by atoms with Crippen molar-refractivity contribution >= 4 is 37.8 Å². The second-order valence-electron chi connectivity index (χ2n) is 5.15. The van der Waals surface area contributed by atoms with Crippen molar-refractivity contribution in [1.82, 2.24) is 9.62 Å². The van der Waals surface area contributed by atoms with Gasteiger partial charge in [0.25, 0.3) is 5.91 Å². The SMILES string of the molecule is CC(C)OC(=O)CNC(=O)c1ccc(Br)c(S(=O)(=O)N(C)C)c1. The molecule has 128 valence electrons. The Labute approximate surface area is 144 Å². The smallest absolute Gasteiger partial charge is 0.325 e. The summed E-state index contributed by atoms with van der Waals surface area (Å²) in [5.41, 5.74) is 0.131. The van der Waals surface area contributed by atoms with Gasteiger partial charge < -0.3 is 10.1 Å². The maximum atomic E-state index is 12.2. The van der Waals surface area contributed by atoms with E-state index >= 15 is 0 Å². The number of hydrogen-bond donors (Lipinski definition) is 1. The molecule has 1 rings (SSSR count). The lowest BCUT2D eigenvalue weighted by atomic mass is 10.2. The van der Waals surface area contributed by atoms with Crippen LogP contribution in [0.2, 0.25) is 0 Å².